The van der Waals surface area contributed by atoms with E-state index in [9.17, 15) is 4.79 Å². The first kappa shape index (κ1) is 21.0. The minimum absolute atomic E-state index is 0.0842. The van der Waals surface area contributed by atoms with Gasteiger partial charge in [-0.1, -0.05) is 12.1 Å². The molecule has 2 heterocycles. The van der Waals surface area contributed by atoms with Crippen LogP contribution in [0.15, 0.2) is 24.3 Å². The predicted molar refractivity (Wildman–Crippen MR) is 120 cm³/mol. The highest BCUT2D eigenvalue weighted by Gasteiger charge is 2.48. The van der Waals surface area contributed by atoms with Crippen LogP contribution in [0.25, 0.3) is 0 Å². The molecule has 1 aromatic carbocycles. The Morgan fingerprint density at radius 3 is 2.80 bits per heavy atom. The van der Waals surface area contributed by atoms with Crippen LogP contribution in [-0.4, -0.2) is 61.0 Å². The van der Waals surface area contributed by atoms with Crippen molar-refractivity contribution in [1.82, 2.24) is 14.8 Å². The predicted octanol–water partition coefficient (Wildman–Crippen LogP) is 3.80. The van der Waals surface area contributed by atoms with Crippen molar-refractivity contribution in [2.24, 2.45) is 5.92 Å². The first-order chi connectivity index (χ1) is 14.4. The van der Waals surface area contributed by atoms with Gasteiger partial charge in [-0.05, 0) is 88.4 Å². The molecule has 0 spiro atoms. The van der Waals surface area contributed by atoms with E-state index in [1.54, 1.807) is 7.11 Å². The standard InChI is InChI=1S/C25H35N3O2/c1-6-28(7-2)24(29)23-17(3)21-14-19-16-27(4)12-11-25(19,15-22(21)26-23)18-9-8-10-20(13-18)30-5/h8-10,13,19,26H,6-7,11-12,14-16H2,1-5H3/t19-,25+/m0/s1. The zero-order valence-corrected chi connectivity index (χ0v) is 19.0. The topological polar surface area (TPSA) is 48.6 Å². The van der Waals surface area contributed by atoms with E-state index in [0.29, 0.717) is 5.92 Å². The zero-order chi connectivity index (χ0) is 21.5. The highest BCUT2D eigenvalue weighted by atomic mass is 16.5. The minimum Gasteiger partial charge on any atom is -0.497 e. The third-order valence-corrected chi connectivity index (χ3v) is 7.57. The molecule has 30 heavy (non-hydrogen) atoms. The number of ether oxygens (including phenoxy) is 1. The van der Waals surface area contributed by atoms with E-state index < -0.39 is 0 Å². The Labute approximate surface area is 180 Å². The number of hydrogen-bond donors (Lipinski definition) is 1. The van der Waals surface area contributed by atoms with Gasteiger partial charge < -0.3 is 19.5 Å². The summed E-state index contributed by atoms with van der Waals surface area (Å²) in [7, 11) is 3.96. The Morgan fingerprint density at radius 2 is 2.10 bits per heavy atom. The number of likely N-dealkylation sites (tertiary alicyclic amines) is 1. The molecule has 1 amide bonds. The molecule has 5 heteroatoms. The second kappa shape index (κ2) is 8.10. The van der Waals surface area contributed by atoms with E-state index in [2.05, 4.69) is 42.1 Å². The van der Waals surface area contributed by atoms with Crippen LogP contribution in [0.2, 0.25) is 0 Å². The number of aromatic nitrogens is 1. The Kier molecular flexibility index (Phi) is 5.67. The largest absolute Gasteiger partial charge is 0.497 e. The molecule has 2 atom stereocenters. The molecule has 2 aromatic rings. The molecule has 1 aromatic heterocycles. The number of benzene rings is 1. The molecule has 0 radical (unpaired) electrons. The molecule has 4 rings (SSSR count). The molecule has 162 valence electrons. The summed E-state index contributed by atoms with van der Waals surface area (Å²) in [6, 6.07) is 8.63. The Hall–Kier alpha value is -2.27. The fourth-order valence-electron chi connectivity index (χ4n) is 5.71. The third-order valence-electron chi connectivity index (χ3n) is 7.57. The number of nitrogens with zero attached hydrogens (tertiary/aromatic N) is 2. The first-order valence-corrected chi connectivity index (χ1v) is 11.3. The van der Waals surface area contributed by atoms with Crippen LogP contribution < -0.4 is 4.74 Å². The van der Waals surface area contributed by atoms with Crippen molar-refractivity contribution in [3.8, 4) is 5.75 Å². The number of piperidine rings is 1. The van der Waals surface area contributed by atoms with Gasteiger partial charge in [0.15, 0.2) is 0 Å². The molecule has 1 aliphatic carbocycles. The molecule has 1 saturated heterocycles. The van der Waals surface area contributed by atoms with Crippen molar-refractivity contribution in [2.75, 3.05) is 40.3 Å². The average Bonchev–Trinajstić information content (AvgIpc) is 3.08. The van der Waals surface area contributed by atoms with Gasteiger partial charge in [0.05, 0.1) is 7.11 Å². The van der Waals surface area contributed by atoms with Gasteiger partial charge in [0.1, 0.15) is 11.4 Å². The molecule has 5 nitrogen and oxygen atoms in total. The molecule has 1 fully saturated rings. The maximum atomic E-state index is 13.1. The summed E-state index contributed by atoms with van der Waals surface area (Å²) in [5.74, 6) is 1.58. The van der Waals surface area contributed by atoms with Crippen molar-refractivity contribution in [3.63, 3.8) is 0 Å². The summed E-state index contributed by atoms with van der Waals surface area (Å²) < 4.78 is 5.55. The Bertz CT molecular complexity index is 930. The van der Waals surface area contributed by atoms with Crippen LogP contribution >= 0.6 is 0 Å². The van der Waals surface area contributed by atoms with Gasteiger partial charge in [0, 0.05) is 30.7 Å². The fraction of sp³-hybridized carbons (Fsp3) is 0.560. The van der Waals surface area contributed by atoms with Crippen LogP contribution in [0.5, 0.6) is 5.75 Å². The summed E-state index contributed by atoms with van der Waals surface area (Å²) in [5, 5.41) is 0. The number of hydrogen-bond acceptors (Lipinski definition) is 3. The van der Waals surface area contributed by atoms with Crippen LogP contribution in [-0.2, 0) is 18.3 Å². The van der Waals surface area contributed by atoms with E-state index in [-0.39, 0.29) is 11.3 Å². The minimum atomic E-state index is 0.0842. The number of amides is 1. The summed E-state index contributed by atoms with van der Waals surface area (Å²) in [4.78, 5) is 21.1. The van der Waals surface area contributed by atoms with Crippen molar-refractivity contribution in [2.45, 2.75) is 45.4 Å². The van der Waals surface area contributed by atoms with Crippen molar-refractivity contribution in [3.05, 3.63) is 52.3 Å². The van der Waals surface area contributed by atoms with Gasteiger partial charge in [-0.25, -0.2) is 0 Å². The summed E-state index contributed by atoms with van der Waals surface area (Å²) >= 11 is 0. The number of fused-ring (bicyclic) bond motifs is 2. The van der Waals surface area contributed by atoms with Crippen LogP contribution in [0, 0.1) is 12.8 Å². The lowest BCUT2D eigenvalue weighted by Gasteiger charge is -2.50. The maximum Gasteiger partial charge on any atom is 0.270 e. The molecule has 0 bridgehead atoms. The van der Waals surface area contributed by atoms with Crippen LogP contribution in [0.3, 0.4) is 0 Å². The number of rotatable bonds is 5. The lowest BCUT2D eigenvalue weighted by Crippen LogP contribution is -2.52. The number of carbonyl (C=O) groups excluding carboxylic acids is 1. The Balaban J connectivity index is 1.78. The second-order valence-corrected chi connectivity index (χ2v) is 9.04. The van der Waals surface area contributed by atoms with E-state index in [4.69, 9.17) is 4.74 Å². The lowest BCUT2D eigenvalue weighted by molar-refractivity contribution is 0.0766. The van der Waals surface area contributed by atoms with Gasteiger partial charge in [-0.15, -0.1) is 0 Å². The maximum absolute atomic E-state index is 13.1. The average molecular weight is 410 g/mol. The highest BCUT2D eigenvalue weighted by molar-refractivity contribution is 5.94. The first-order valence-electron chi connectivity index (χ1n) is 11.3. The van der Waals surface area contributed by atoms with Gasteiger partial charge in [-0.3, -0.25) is 4.79 Å². The quantitative estimate of drug-likeness (QED) is 0.817. The molecular weight excluding hydrogens is 374 g/mol. The molecule has 1 aliphatic heterocycles. The molecule has 0 saturated carbocycles. The summed E-state index contributed by atoms with van der Waals surface area (Å²) in [5.41, 5.74) is 6.01. The zero-order valence-electron chi connectivity index (χ0n) is 19.0. The van der Waals surface area contributed by atoms with Crippen LogP contribution in [0.4, 0.5) is 0 Å². The molecular formula is C25H35N3O2. The van der Waals surface area contributed by atoms with Gasteiger partial charge >= 0.3 is 0 Å². The smallest absolute Gasteiger partial charge is 0.270 e. The third kappa shape index (κ3) is 3.33. The molecule has 1 N–H and O–H groups in total. The molecule has 2 aliphatic rings. The van der Waals surface area contributed by atoms with E-state index in [1.807, 2.05) is 24.8 Å². The number of nitrogens with one attached hydrogen (secondary N) is 1. The van der Waals surface area contributed by atoms with E-state index in [1.165, 1.54) is 16.8 Å². The Morgan fingerprint density at radius 1 is 1.33 bits per heavy atom. The highest BCUT2D eigenvalue weighted by Crippen LogP contribution is 2.49. The van der Waals surface area contributed by atoms with Gasteiger partial charge in [-0.2, -0.15) is 0 Å². The lowest BCUT2D eigenvalue weighted by atomic mass is 9.58. The number of methoxy groups -OCH3 is 1. The summed E-state index contributed by atoms with van der Waals surface area (Å²) in [6.07, 6.45) is 3.10. The monoisotopic (exact) mass is 409 g/mol. The van der Waals surface area contributed by atoms with E-state index in [0.717, 1.165) is 62.4 Å². The van der Waals surface area contributed by atoms with Gasteiger partial charge in [0.25, 0.3) is 5.91 Å². The number of H-pyrrole nitrogens is 1. The number of carbonyl (C=O) groups is 1. The van der Waals surface area contributed by atoms with Crippen molar-refractivity contribution in [1.29, 1.82) is 0 Å². The van der Waals surface area contributed by atoms with Crippen molar-refractivity contribution < 1.29 is 9.53 Å². The molecule has 0 unspecified atom stereocenters. The fourth-order valence-corrected chi connectivity index (χ4v) is 5.71. The normalized spacial score (nSPS) is 23.6. The number of aromatic amines is 1. The SMILES string of the molecule is CCN(CC)C(=O)c1[nH]c2c(c1C)C[C@H]1CN(C)CC[C@]1(c1cccc(OC)c1)C2. The van der Waals surface area contributed by atoms with E-state index >= 15 is 0 Å². The van der Waals surface area contributed by atoms with Crippen molar-refractivity contribution >= 4 is 5.91 Å². The second-order valence-electron chi connectivity index (χ2n) is 9.04. The van der Waals surface area contributed by atoms with Crippen LogP contribution in [0.1, 0.15) is 53.1 Å². The van der Waals surface area contributed by atoms with Gasteiger partial charge in [0.2, 0.25) is 0 Å². The summed E-state index contributed by atoms with van der Waals surface area (Å²) in [6.45, 7) is 9.86.